The standard InChI is InChI=1S/C16H16N6O/c1-8(2)22-11-4-3-10(23)5-9(11)6-12(22)14-13-15(17)18-7-19-16(13)21-20-14/h3-8,23H,1-2H3,(H3,17,18,19,20,21). The highest BCUT2D eigenvalue weighted by molar-refractivity contribution is 6.00. The second kappa shape index (κ2) is 4.70. The summed E-state index contributed by atoms with van der Waals surface area (Å²) < 4.78 is 2.17. The summed E-state index contributed by atoms with van der Waals surface area (Å²) in [5.74, 6) is 0.629. The Labute approximate surface area is 131 Å². The first-order valence-electron chi connectivity index (χ1n) is 7.35. The number of rotatable bonds is 2. The van der Waals surface area contributed by atoms with E-state index < -0.39 is 0 Å². The Morgan fingerprint density at radius 1 is 1.22 bits per heavy atom. The molecule has 0 spiro atoms. The van der Waals surface area contributed by atoms with Crippen LogP contribution in [0.1, 0.15) is 19.9 Å². The van der Waals surface area contributed by atoms with Crippen LogP contribution in [0.3, 0.4) is 0 Å². The maximum absolute atomic E-state index is 9.75. The molecule has 3 aromatic heterocycles. The molecule has 0 atom stereocenters. The van der Waals surface area contributed by atoms with Gasteiger partial charge in [-0.05, 0) is 38.1 Å². The zero-order chi connectivity index (χ0) is 16.1. The Bertz CT molecular complexity index is 1030. The molecule has 116 valence electrons. The molecule has 3 heterocycles. The minimum atomic E-state index is 0.219. The third kappa shape index (κ3) is 1.93. The first kappa shape index (κ1) is 13.6. The van der Waals surface area contributed by atoms with Gasteiger partial charge in [-0.1, -0.05) is 0 Å². The summed E-state index contributed by atoms with van der Waals surface area (Å²) >= 11 is 0. The number of nitrogen functional groups attached to an aromatic ring is 1. The van der Waals surface area contributed by atoms with Crippen molar-refractivity contribution in [1.29, 1.82) is 0 Å². The van der Waals surface area contributed by atoms with Gasteiger partial charge in [0.2, 0.25) is 0 Å². The number of H-pyrrole nitrogens is 1. The zero-order valence-corrected chi connectivity index (χ0v) is 12.8. The number of phenols is 1. The fourth-order valence-electron chi connectivity index (χ4n) is 3.04. The van der Waals surface area contributed by atoms with E-state index in [1.54, 1.807) is 12.1 Å². The van der Waals surface area contributed by atoms with Crippen molar-refractivity contribution in [2.75, 3.05) is 5.73 Å². The van der Waals surface area contributed by atoms with Crippen LogP contribution in [0, 0.1) is 0 Å². The number of phenolic OH excluding ortho intramolecular Hbond substituents is 1. The van der Waals surface area contributed by atoms with Crippen molar-refractivity contribution in [1.82, 2.24) is 24.7 Å². The van der Waals surface area contributed by atoms with E-state index in [-0.39, 0.29) is 11.8 Å². The van der Waals surface area contributed by atoms with Crippen LogP contribution in [-0.4, -0.2) is 29.8 Å². The summed E-state index contributed by atoms with van der Waals surface area (Å²) in [5.41, 5.74) is 9.31. The molecule has 1 aromatic carbocycles. The number of benzene rings is 1. The average Bonchev–Trinajstić information content (AvgIpc) is 3.08. The summed E-state index contributed by atoms with van der Waals surface area (Å²) in [6.07, 6.45) is 1.40. The number of fused-ring (bicyclic) bond motifs is 2. The van der Waals surface area contributed by atoms with Crippen LogP contribution in [0.25, 0.3) is 33.3 Å². The van der Waals surface area contributed by atoms with Gasteiger partial charge in [0, 0.05) is 16.9 Å². The largest absolute Gasteiger partial charge is 0.508 e. The molecule has 4 aromatic rings. The van der Waals surface area contributed by atoms with E-state index in [2.05, 4.69) is 38.6 Å². The maximum atomic E-state index is 9.75. The molecular formula is C16H16N6O. The molecular weight excluding hydrogens is 292 g/mol. The highest BCUT2D eigenvalue weighted by Crippen LogP contribution is 2.35. The topological polar surface area (TPSA) is 106 Å². The minimum absolute atomic E-state index is 0.219. The Balaban J connectivity index is 2.10. The van der Waals surface area contributed by atoms with Crippen LogP contribution in [0.4, 0.5) is 5.82 Å². The second-order valence-corrected chi connectivity index (χ2v) is 5.79. The van der Waals surface area contributed by atoms with Crippen LogP contribution in [0.5, 0.6) is 5.75 Å². The molecule has 7 heteroatoms. The monoisotopic (exact) mass is 308 g/mol. The lowest BCUT2D eigenvalue weighted by atomic mass is 10.2. The maximum Gasteiger partial charge on any atom is 0.186 e. The fraction of sp³-hybridized carbons (Fsp3) is 0.188. The molecule has 4 N–H and O–H groups in total. The predicted molar refractivity (Wildman–Crippen MR) is 89.1 cm³/mol. The Hall–Kier alpha value is -3.09. The van der Waals surface area contributed by atoms with Gasteiger partial charge in [0.05, 0.1) is 16.8 Å². The van der Waals surface area contributed by atoms with Crippen molar-refractivity contribution in [3.8, 4) is 17.1 Å². The van der Waals surface area contributed by atoms with Crippen molar-refractivity contribution >= 4 is 27.8 Å². The van der Waals surface area contributed by atoms with Crippen LogP contribution in [-0.2, 0) is 0 Å². The van der Waals surface area contributed by atoms with Gasteiger partial charge in [0.25, 0.3) is 0 Å². The highest BCUT2D eigenvalue weighted by Gasteiger charge is 2.19. The molecule has 7 nitrogen and oxygen atoms in total. The lowest BCUT2D eigenvalue weighted by Crippen LogP contribution is -2.03. The summed E-state index contributed by atoms with van der Waals surface area (Å²) in [4.78, 5) is 8.21. The Kier molecular flexibility index (Phi) is 2.77. The van der Waals surface area contributed by atoms with Crippen molar-refractivity contribution in [2.24, 2.45) is 0 Å². The van der Waals surface area contributed by atoms with Crippen LogP contribution in [0.2, 0.25) is 0 Å². The van der Waals surface area contributed by atoms with Gasteiger partial charge in [0.1, 0.15) is 17.9 Å². The minimum Gasteiger partial charge on any atom is -0.508 e. The van der Waals surface area contributed by atoms with Crippen molar-refractivity contribution in [2.45, 2.75) is 19.9 Å². The van der Waals surface area contributed by atoms with Gasteiger partial charge >= 0.3 is 0 Å². The number of aromatic nitrogens is 5. The van der Waals surface area contributed by atoms with E-state index in [0.717, 1.165) is 22.3 Å². The SMILES string of the molecule is CC(C)n1c(-c2[nH]nc3ncnc(N)c23)cc2cc(O)ccc21. The molecule has 23 heavy (non-hydrogen) atoms. The van der Waals surface area contributed by atoms with Crippen molar-refractivity contribution in [3.63, 3.8) is 0 Å². The number of nitrogens with two attached hydrogens (primary N) is 1. The Morgan fingerprint density at radius 3 is 2.83 bits per heavy atom. The van der Waals surface area contributed by atoms with Crippen molar-refractivity contribution < 1.29 is 5.11 Å². The molecule has 4 rings (SSSR count). The van der Waals surface area contributed by atoms with Gasteiger partial charge in [-0.2, -0.15) is 5.10 Å². The zero-order valence-electron chi connectivity index (χ0n) is 12.8. The first-order chi connectivity index (χ1) is 11.1. The van der Waals surface area contributed by atoms with Gasteiger partial charge in [-0.15, -0.1) is 0 Å². The van der Waals surface area contributed by atoms with E-state index >= 15 is 0 Å². The summed E-state index contributed by atoms with van der Waals surface area (Å²) in [5, 5.41) is 18.7. The number of nitrogens with zero attached hydrogens (tertiary/aromatic N) is 4. The van der Waals surface area contributed by atoms with Gasteiger partial charge in [0.15, 0.2) is 5.65 Å². The van der Waals surface area contributed by atoms with E-state index in [9.17, 15) is 5.11 Å². The van der Waals surface area contributed by atoms with Crippen LogP contribution in [0.15, 0.2) is 30.6 Å². The van der Waals surface area contributed by atoms with Crippen LogP contribution >= 0.6 is 0 Å². The quantitative estimate of drug-likeness (QED) is 0.528. The average molecular weight is 308 g/mol. The molecule has 0 fully saturated rings. The normalized spacial score (nSPS) is 11.8. The summed E-state index contributed by atoms with van der Waals surface area (Å²) in [7, 11) is 0. The molecule has 0 unspecified atom stereocenters. The Morgan fingerprint density at radius 2 is 2.04 bits per heavy atom. The molecule has 0 saturated heterocycles. The molecule has 0 aliphatic carbocycles. The van der Waals surface area contributed by atoms with Crippen LogP contribution < -0.4 is 5.73 Å². The smallest absolute Gasteiger partial charge is 0.186 e. The summed E-state index contributed by atoms with van der Waals surface area (Å²) in [6, 6.07) is 7.57. The summed E-state index contributed by atoms with van der Waals surface area (Å²) in [6.45, 7) is 4.21. The molecule has 0 saturated carbocycles. The molecule has 0 aliphatic rings. The number of hydrogen-bond donors (Lipinski definition) is 3. The fourth-order valence-corrected chi connectivity index (χ4v) is 3.04. The van der Waals surface area contributed by atoms with E-state index in [1.165, 1.54) is 6.33 Å². The number of anilines is 1. The van der Waals surface area contributed by atoms with E-state index in [1.807, 2.05) is 12.1 Å². The van der Waals surface area contributed by atoms with E-state index in [4.69, 9.17) is 5.73 Å². The van der Waals surface area contributed by atoms with Crippen molar-refractivity contribution in [3.05, 3.63) is 30.6 Å². The number of hydrogen-bond acceptors (Lipinski definition) is 5. The van der Waals surface area contributed by atoms with Gasteiger partial charge < -0.3 is 15.4 Å². The lowest BCUT2D eigenvalue weighted by Gasteiger charge is -2.14. The number of nitrogens with one attached hydrogen (secondary N) is 1. The second-order valence-electron chi connectivity index (χ2n) is 5.79. The third-order valence-corrected chi connectivity index (χ3v) is 3.98. The first-order valence-corrected chi connectivity index (χ1v) is 7.35. The molecule has 0 radical (unpaired) electrons. The van der Waals surface area contributed by atoms with Gasteiger partial charge in [-0.3, -0.25) is 5.10 Å². The van der Waals surface area contributed by atoms with Gasteiger partial charge in [-0.25, -0.2) is 9.97 Å². The number of aromatic hydroxyl groups is 1. The highest BCUT2D eigenvalue weighted by atomic mass is 16.3. The lowest BCUT2D eigenvalue weighted by molar-refractivity contribution is 0.476. The molecule has 0 bridgehead atoms. The predicted octanol–water partition coefficient (Wildman–Crippen LogP) is 2.84. The molecule has 0 amide bonds. The third-order valence-electron chi connectivity index (χ3n) is 3.98. The molecule has 0 aliphatic heterocycles. The van der Waals surface area contributed by atoms with E-state index in [0.29, 0.717) is 16.9 Å². The number of aromatic amines is 1.